The molecule has 1 heterocycles. The van der Waals surface area contributed by atoms with Gasteiger partial charge in [0.1, 0.15) is 11.6 Å². The van der Waals surface area contributed by atoms with Crippen molar-refractivity contribution in [2.24, 2.45) is 0 Å². The first kappa shape index (κ1) is 14.9. The van der Waals surface area contributed by atoms with Crippen molar-refractivity contribution in [1.82, 2.24) is 0 Å². The number of ether oxygens (including phenoxy) is 1. The van der Waals surface area contributed by atoms with Crippen LogP contribution in [-0.2, 0) is 11.3 Å². The molecule has 0 saturated carbocycles. The van der Waals surface area contributed by atoms with E-state index in [4.69, 9.17) is 16.3 Å². The number of hydrogen-bond donors (Lipinski definition) is 0. The first-order valence-corrected chi connectivity index (χ1v) is 7.36. The topological polar surface area (TPSA) is 29.5 Å². The molecule has 2 aromatic rings. The summed E-state index contributed by atoms with van der Waals surface area (Å²) in [4.78, 5) is 14.1. The van der Waals surface area contributed by atoms with Crippen molar-refractivity contribution in [3.63, 3.8) is 0 Å². The molecule has 1 aliphatic rings. The van der Waals surface area contributed by atoms with E-state index in [0.29, 0.717) is 22.0 Å². The fraction of sp³-hybridized carbons (Fsp3) is 0.235. The lowest BCUT2D eigenvalue weighted by Gasteiger charge is -2.33. The van der Waals surface area contributed by atoms with Crippen molar-refractivity contribution in [2.45, 2.75) is 26.5 Å². The average molecular weight is 320 g/mol. The molecule has 22 heavy (non-hydrogen) atoms. The Morgan fingerprint density at radius 1 is 1.27 bits per heavy atom. The third kappa shape index (κ3) is 2.66. The van der Waals surface area contributed by atoms with Crippen LogP contribution in [0.15, 0.2) is 36.4 Å². The van der Waals surface area contributed by atoms with Gasteiger partial charge in [-0.1, -0.05) is 23.7 Å². The highest BCUT2D eigenvalue weighted by atomic mass is 35.5. The van der Waals surface area contributed by atoms with Crippen LogP contribution in [0.25, 0.3) is 0 Å². The van der Waals surface area contributed by atoms with E-state index in [1.54, 1.807) is 17.9 Å². The molecule has 0 saturated heterocycles. The summed E-state index contributed by atoms with van der Waals surface area (Å²) in [6.45, 7) is 3.94. The van der Waals surface area contributed by atoms with Crippen LogP contribution in [0.3, 0.4) is 0 Å². The minimum absolute atomic E-state index is 0.140. The zero-order valence-corrected chi connectivity index (χ0v) is 13.0. The van der Waals surface area contributed by atoms with Crippen LogP contribution in [0.1, 0.15) is 18.1 Å². The number of aryl methyl sites for hydroxylation is 1. The first-order chi connectivity index (χ1) is 10.5. The minimum Gasteiger partial charge on any atom is -0.479 e. The number of benzene rings is 2. The maximum Gasteiger partial charge on any atom is 0.268 e. The van der Waals surface area contributed by atoms with Crippen molar-refractivity contribution in [3.05, 3.63) is 58.4 Å². The van der Waals surface area contributed by atoms with E-state index in [1.807, 2.05) is 25.1 Å². The lowest BCUT2D eigenvalue weighted by Crippen LogP contribution is -2.44. The molecule has 1 amide bonds. The normalized spacial score (nSPS) is 17.2. The number of anilines is 1. The van der Waals surface area contributed by atoms with Crippen LogP contribution in [0.5, 0.6) is 5.75 Å². The number of halogens is 2. The molecule has 0 aliphatic carbocycles. The number of rotatable bonds is 2. The van der Waals surface area contributed by atoms with Gasteiger partial charge >= 0.3 is 0 Å². The SMILES string of the molecule is Cc1ccc2c(c1)N(Cc1ccc(F)cc1Cl)C(=O)C(C)O2. The molecule has 1 atom stereocenters. The molecule has 0 bridgehead atoms. The van der Waals surface area contributed by atoms with E-state index in [9.17, 15) is 9.18 Å². The highest BCUT2D eigenvalue weighted by molar-refractivity contribution is 6.31. The molecule has 5 heteroatoms. The van der Waals surface area contributed by atoms with Crippen LogP contribution >= 0.6 is 11.6 Å². The monoisotopic (exact) mass is 319 g/mol. The lowest BCUT2D eigenvalue weighted by atomic mass is 10.1. The predicted molar refractivity (Wildman–Crippen MR) is 83.9 cm³/mol. The standard InChI is InChI=1S/C17H15ClFNO2/c1-10-3-6-16-15(7-10)20(17(21)11(2)22-16)9-12-4-5-13(19)8-14(12)18/h3-8,11H,9H2,1-2H3. The number of nitrogens with zero attached hydrogens (tertiary/aromatic N) is 1. The van der Waals surface area contributed by atoms with Gasteiger partial charge in [-0.15, -0.1) is 0 Å². The Hall–Kier alpha value is -2.07. The Balaban J connectivity index is 2.01. The van der Waals surface area contributed by atoms with E-state index in [2.05, 4.69) is 0 Å². The van der Waals surface area contributed by atoms with Gasteiger partial charge in [-0.2, -0.15) is 0 Å². The van der Waals surface area contributed by atoms with Crippen molar-refractivity contribution >= 4 is 23.2 Å². The molecule has 1 aliphatic heterocycles. The summed E-state index contributed by atoms with van der Waals surface area (Å²) in [7, 11) is 0. The smallest absolute Gasteiger partial charge is 0.268 e. The zero-order chi connectivity index (χ0) is 15.9. The van der Waals surface area contributed by atoms with E-state index < -0.39 is 11.9 Å². The summed E-state index contributed by atoms with van der Waals surface area (Å²) < 4.78 is 18.8. The Morgan fingerprint density at radius 2 is 2.05 bits per heavy atom. The van der Waals surface area contributed by atoms with Crippen molar-refractivity contribution in [3.8, 4) is 5.75 Å². The average Bonchev–Trinajstić information content (AvgIpc) is 2.47. The zero-order valence-electron chi connectivity index (χ0n) is 12.3. The fourth-order valence-corrected chi connectivity index (χ4v) is 2.73. The van der Waals surface area contributed by atoms with Gasteiger partial charge in [0.05, 0.1) is 12.2 Å². The van der Waals surface area contributed by atoms with Crippen LogP contribution in [-0.4, -0.2) is 12.0 Å². The quantitative estimate of drug-likeness (QED) is 0.834. The Kier molecular flexibility index (Phi) is 3.79. The number of hydrogen-bond acceptors (Lipinski definition) is 2. The fourth-order valence-electron chi connectivity index (χ4n) is 2.50. The maximum absolute atomic E-state index is 13.2. The van der Waals surface area contributed by atoms with Crippen LogP contribution in [0.4, 0.5) is 10.1 Å². The number of amides is 1. The molecular formula is C17H15ClFNO2. The summed E-state index contributed by atoms with van der Waals surface area (Å²) in [5.41, 5.74) is 2.43. The molecular weight excluding hydrogens is 305 g/mol. The molecule has 0 fully saturated rings. The van der Waals surface area contributed by atoms with E-state index in [1.165, 1.54) is 12.1 Å². The van der Waals surface area contributed by atoms with Crippen molar-refractivity contribution < 1.29 is 13.9 Å². The second-order valence-corrected chi connectivity index (χ2v) is 5.80. The summed E-state index contributed by atoms with van der Waals surface area (Å²) in [5.74, 6) is 0.126. The second kappa shape index (κ2) is 5.61. The van der Waals surface area contributed by atoms with Gasteiger partial charge in [-0.25, -0.2) is 4.39 Å². The molecule has 0 spiro atoms. The van der Waals surface area contributed by atoms with Gasteiger partial charge in [-0.3, -0.25) is 4.79 Å². The highest BCUT2D eigenvalue weighted by Gasteiger charge is 2.31. The highest BCUT2D eigenvalue weighted by Crippen LogP contribution is 2.36. The Bertz CT molecular complexity index is 747. The Morgan fingerprint density at radius 3 is 2.77 bits per heavy atom. The summed E-state index contributed by atoms with van der Waals surface area (Å²) in [6, 6.07) is 9.88. The Labute approximate surface area is 133 Å². The van der Waals surface area contributed by atoms with Gasteiger partial charge in [0.15, 0.2) is 6.10 Å². The first-order valence-electron chi connectivity index (χ1n) is 6.98. The largest absolute Gasteiger partial charge is 0.479 e. The number of carbonyl (C=O) groups excluding carboxylic acids is 1. The predicted octanol–water partition coefficient (Wildman–Crippen LogP) is 4.10. The maximum atomic E-state index is 13.2. The third-order valence-electron chi connectivity index (χ3n) is 3.67. The van der Waals surface area contributed by atoms with Gasteiger partial charge in [0.2, 0.25) is 0 Å². The van der Waals surface area contributed by atoms with Gasteiger partial charge in [0, 0.05) is 5.02 Å². The lowest BCUT2D eigenvalue weighted by molar-refractivity contribution is -0.125. The second-order valence-electron chi connectivity index (χ2n) is 5.39. The van der Waals surface area contributed by atoms with E-state index >= 15 is 0 Å². The molecule has 0 N–H and O–H groups in total. The van der Waals surface area contributed by atoms with Gasteiger partial charge < -0.3 is 9.64 Å². The van der Waals surface area contributed by atoms with E-state index in [0.717, 1.165) is 5.56 Å². The molecule has 2 aromatic carbocycles. The van der Waals surface area contributed by atoms with Gasteiger partial charge in [0.25, 0.3) is 5.91 Å². The summed E-state index contributed by atoms with van der Waals surface area (Å²) in [6.07, 6.45) is -0.561. The molecule has 3 rings (SSSR count). The molecule has 0 aromatic heterocycles. The van der Waals surface area contributed by atoms with Crippen molar-refractivity contribution in [2.75, 3.05) is 4.90 Å². The third-order valence-corrected chi connectivity index (χ3v) is 4.02. The molecule has 3 nitrogen and oxygen atoms in total. The summed E-state index contributed by atoms with van der Waals surface area (Å²) in [5, 5.41) is 0.307. The molecule has 114 valence electrons. The number of carbonyl (C=O) groups is 1. The van der Waals surface area contributed by atoms with Gasteiger partial charge in [-0.05, 0) is 49.2 Å². The van der Waals surface area contributed by atoms with E-state index in [-0.39, 0.29) is 12.5 Å². The van der Waals surface area contributed by atoms with Crippen LogP contribution < -0.4 is 9.64 Å². The van der Waals surface area contributed by atoms with Crippen LogP contribution in [0, 0.1) is 12.7 Å². The van der Waals surface area contributed by atoms with Crippen molar-refractivity contribution in [1.29, 1.82) is 0 Å². The minimum atomic E-state index is -0.561. The number of fused-ring (bicyclic) bond motifs is 1. The molecule has 0 radical (unpaired) electrons. The summed E-state index contributed by atoms with van der Waals surface area (Å²) >= 11 is 6.08. The van der Waals surface area contributed by atoms with Crippen LogP contribution in [0.2, 0.25) is 5.02 Å². The molecule has 1 unspecified atom stereocenters.